The molecule has 0 saturated carbocycles. The Bertz CT molecular complexity index is 705. The molecule has 0 radical (unpaired) electrons. The van der Waals surface area contributed by atoms with Crippen molar-refractivity contribution in [3.63, 3.8) is 0 Å². The molecular weight excluding hydrogens is 337 g/mol. The molecule has 2 saturated heterocycles. The van der Waals surface area contributed by atoms with Gasteiger partial charge in [0.05, 0.1) is 0 Å². The number of nitrogens with zero attached hydrogens (tertiary/aromatic N) is 3. The highest BCUT2D eigenvalue weighted by molar-refractivity contribution is 5.17. The molecule has 0 N–H and O–H groups in total. The fourth-order valence-electron chi connectivity index (χ4n) is 4.44. The number of hydrogen-bond donors (Lipinski definition) is 0. The van der Waals surface area contributed by atoms with Crippen LogP contribution in [0.25, 0.3) is 0 Å². The van der Waals surface area contributed by atoms with Gasteiger partial charge in [-0.2, -0.15) is 0 Å². The number of piperazine rings is 1. The Morgan fingerprint density at radius 2 is 1.33 bits per heavy atom. The van der Waals surface area contributed by atoms with Crippen molar-refractivity contribution in [2.75, 3.05) is 39.3 Å². The normalized spacial score (nSPS) is 20.8. The van der Waals surface area contributed by atoms with Crippen molar-refractivity contribution < 1.29 is 4.39 Å². The molecule has 0 atom stereocenters. The van der Waals surface area contributed by atoms with Crippen LogP contribution in [0.15, 0.2) is 54.6 Å². The number of piperidine rings is 1. The first kappa shape index (κ1) is 18.6. The average molecular weight is 368 g/mol. The summed E-state index contributed by atoms with van der Waals surface area (Å²) < 4.78 is 13.9. The van der Waals surface area contributed by atoms with Gasteiger partial charge < -0.3 is 0 Å². The van der Waals surface area contributed by atoms with Gasteiger partial charge in [-0.15, -0.1) is 0 Å². The first-order chi connectivity index (χ1) is 13.3. The Labute approximate surface area is 162 Å². The maximum Gasteiger partial charge on any atom is 0.127 e. The molecule has 3 nitrogen and oxygen atoms in total. The molecular formula is C23H30FN3. The van der Waals surface area contributed by atoms with E-state index in [0.29, 0.717) is 6.04 Å². The fraction of sp³-hybridized carbons (Fsp3) is 0.478. The SMILES string of the molecule is Fc1ccccc1CN1CCN(C2CCN(Cc3ccccc3)CC2)CC1. The first-order valence-electron chi connectivity index (χ1n) is 10.2. The zero-order valence-corrected chi connectivity index (χ0v) is 16.1. The maximum atomic E-state index is 13.9. The third-order valence-electron chi connectivity index (χ3n) is 6.08. The minimum Gasteiger partial charge on any atom is -0.299 e. The van der Waals surface area contributed by atoms with Crippen molar-refractivity contribution in [1.29, 1.82) is 0 Å². The molecule has 4 heteroatoms. The van der Waals surface area contributed by atoms with Crippen LogP contribution in [0.1, 0.15) is 24.0 Å². The molecule has 0 amide bonds. The number of halogens is 1. The molecule has 4 rings (SSSR count). The molecule has 2 aromatic rings. The summed E-state index contributed by atoms with van der Waals surface area (Å²) in [7, 11) is 0. The lowest BCUT2D eigenvalue weighted by Crippen LogP contribution is -2.52. The van der Waals surface area contributed by atoms with Crippen molar-refractivity contribution in [3.8, 4) is 0 Å². The van der Waals surface area contributed by atoms with Crippen LogP contribution in [0.2, 0.25) is 0 Å². The first-order valence-corrected chi connectivity index (χ1v) is 10.2. The monoisotopic (exact) mass is 367 g/mol. The summed E-state index contributed by atoms with van der Waals surface area (Å²) in [5.74, 6) is -0.0780. The predicted molar refractivity (Wildman–Crippen MR) is 108 cm³/mol. The Kier molecular flexibility index (Phi) is 6.17. The van der Waals surface area contributed by atoms with Gasteiger partial charge in [0.25, 0.3) is 0 Å². The number of benzene rings is 2. The van der Waals surface area contributed by atoms with E-state index in [2.05, 4.69) is 45.0 Å². The minimum atomic E-state index is -0.0780. The highest BCUT2D eigenvalue weighted by Crippen LogP contribution is 2.21. The molecule has 27 heavy (non-hydrogen) atoms. The average Bonchev–Trinajstić information content (AvgIpc) is 2.72. The zero-order valence-electron chi connectivity index (χ0n) is 16.1. The van der Waals surface area contributed by atoms with Crippen molar-refractivity contribution >= 4 is 0 Å². The highest BCUT2D eigenvalue weighted by atomic mass is 19.1. The summed E-state index contributed by atoms with van der Waals surface area (Å²) in [5, 5.41) is 0. The van der Waals surface area contributed by atoms with E-state index in [1.807, 2.05) is 12.1 Å². The lowest BCUT2D eigenvalue weighted by molar-refractivity contribution is 0.0546. The van der Waals surface area contributed by atoms with E-state index in [1.54, 1.807) is 12.1 Å². The van der Waals surface area contributed by atoms with Crippen LogP contribution in [0, 0.1) is 5.82 Å². The molecule has 0 bridgehead atoms. The third kappa shape index (κ3) is 4.95. The summed E-state index contributed by atoms with van der Waals surface area (Å²) in [6.07, 6.45) is 2.53. The summed E-state index contributed by atoms with van der Waals surface area (Å²) in [6, 6.07) is 18.7. The largest absolute Gasteiger partial charge is 0.299 e. The standard InChI is InChI=1S/C23H30FN3/c24-23-9-5-4-8-21(23)19-26-14-16-27(17-15-26)22-10-12-25(13-11-22)18-20-6-2-1-3-7-20/h1-9,22H,10-19H2. The van der Waals surface area contributed by atoms with E-state index >= 15 is 0 Å². The Morgan fingerprint density at radius 3 is 2.04 bits per heavy atom. The lowest BCUT2D eigenvalue weighted by atomic mass is 10.0. The van der Waals surface area contributed by atoms with Gasteiger partial charge in [0.2, 0.25) is 0 Å². The summed E-state index contributed by atoms with van der Waals surface area (Å²) in [6.45, 7) is 8.48. The smallest absolute Gasteiger partial charge is 0.127 e. The van der Waals surface area contributed by atoms with E-state index in [-0.39, 0.29) is 5.82 Å². The topological polar surface area (TPSA) is 9.72 Å². The molecule has 2 aliphatic rings. The molecule has 0 unspecified atom stereocenters. The highest BCUT2D eigenvalue weighted by Gasteiger charge is 2.27. The van der Waals surface area contributed by atoms with E-state index in [9.17, 15) is 4.39 Å². The van der Waals surface area contributed by atoms with Gasteiger partial charge in [-0.25, -0.2) is 4.39 Å². The van der Waals surface area contributed by atoms with Crippen LogP contribution >= 0.6 is 0 Å². The van der Waals surface area contributed by atoms with Crippen molar-refractivity contribution in [2.24, 2.45) is 0 Å². The molecule has 144 valence electrons. The van der Waals surface area contributed by atoms with Gasteiger partial charge in [-0.3, -0.25) is 14.7 Å². The van der Waals surface area contributed by atoms with Crippen LogP contribution in [-0.4, -0.2) is 60.0 Å². The van der Waals surface area contributed by atoms with Gasteiger partial charge in [0.1, 0.15) is 5.82 Å². The number of hydrogen-bond acceptors (Lipinski definition) is 3. The number of rotatable bonds is 5. The van der Waals surface area contributed by atoms with E-state index in [1.165, 1.54) is 31.5 Å². The van der Waals surface area contributed by atoms with Crippen LogP contribution in [0.3, 0.4) is 0 Å². The Morgan fingerprint density at radius 1 is 0.704 bits per heavy atom. The van der Waals surface area contributed by atoms with Crippen LogP contribution < -0.4 is 0 Å². The second kappa shape index (κ2) is 8.96. The second-order valence-electron chi connectivity index (χ2n) is 7.90. The van der Waals surface area contributed by atoms with Crippen LogP contribution in [-0.2, 0) is 13.1 Å². The third-order valence-corrected chi connectivity index (χ3v) is 6.08. The summed E-state index contributed by atoms with van der Waals surface area (Å²) in [5.41, 5.74) is 2.23. The number of likely N-dealkylation sites (tertiary alicyclic amines) is 1. The van der Waals surface area contributed by atoms with E-state index < -0.39 is 0 Å². The Hall–Kier alpha value is -1.75. The summed E-state index contributed by atoms with van der Waals surface area (Å²) >= 11 is 0. The van der Waals surface area contributed by atoms with Crippen LogP contribution in [0.4, 0.5) is 4.39 Å². The molecule has 2 aliphatic heterocycles. The molecule has 0 spiro atoms. The molecule has 2 heterocycles. The quantitative estimate of drug-likeness (QED) is 0.799. The zero-order chi connectivity index (χ0) is 18.5. The van der Waals surface area contributed by atoms with Gasteiger partial charge in [-0.1, -0.05) is 48.5 Å². The molecule has 0 aromatic heterocycles. The van der Waals surface area contributed by atoms with Gasteiger partial charge in [0.15, 0.2) is 0 Å². The minimum absolute atomic E-state index is 0.0780. The predicted octanol–water partition coefficient (Wildman–Crippen LogP) is 3.61. The summed E-state index contributed by atoms with van der Waals surface area (Å²) in [4.78, 5) is 7.64. The van der Waals surface area contributed by atoms with E-state index in [4.69, 9.17) is 0 Å². The Balaban J connectivity index is 1.21. The van der Waals surface area contributed by atoms with Gasteiger partial charge in [0, 0.05) is 50.9 Å². The fourth-order valence-corrected chi connectivity index (χ4v) is 4.44. The lowest BCUT2D eigenvalue weighted by Gasteiger charge is -2.42. The second-order valence-corrected chi connectivity index (χ2v) is 7.90. The van der Waals surface area contributed by atoms with Crippen molar-refractivity contribution in [2.45, 2.75) is 32.0 Å². The van der Waals surface area contributed by atoms with E-state index in [0.717, 1.165) is 44.8 Å². The van der Waals surface area contributed by atoms with Crippen molar-refractivity contribution in [1.82, 2.24) is 14.7 Å². The van der Waals surface area contributed by atoms with Crippen LogP contribution in [0.5, 0.6) is 0 Å². The molecule has 0 aliphatic carbocycles. The maximum absolute atomic E-state index is 13.9. The van der Waals surface area contributed by atoms with Gasteiger partial charge >= 0.3 is 0 Å². The molecule has 2 fully saturated rings. The van der Waals surface area contributed by atoms with Gasteiger partial charge in [-0.05, 0) is 37.6 Å². The molecule has 2 aromatic carbocycles. The van der Waals surface area contributed by atoms with Crippen molar-refractivity contribution in [3.05, 3.63) is 71.5 Å².